The molecule has 0 amide bonds. The van der Waals surface area contributed by atoms with Crippen LogP contribution in [-0.2, 0) is 38.6 Å². The second-order valence-electron chi connectivity index (χ2n) is 9.63. The molecule has 0 unspecified atom stereocenters. The van der Waals surface area contributed by atoms with Gasteiger partial charge >= 0.3 is 0 Å². The number of unbranched alkanes of at least 4 members (excludes halogenated alkanes) is 1. The molecule has 0 radical (unpaired) electrons. The van der Waals surface area contributed by atoms with Crippen LogP contribution in [0.4, 0.5) is 0 Å². The Kier molecular flexibility index (Phi) is 8.96. The van der Waals surface area contributed by atoms with Gasteiger partial charge in [0.1, 0.15) is 0 Å². The summed E-state index contributed by atoms with van der Waals surface area (Å²) in [5, 5.41) is 4.33. The molecular weight excluding hydrogens is 480 g/mol. The van der Waals surface area contributed by atoms with Gasteiger partial charge in [-0.3, -0.25) is 8.98 Å². The summed E-state index contributed by atoms with van der Waals surface area (Å²) in [5.74, 6) is 0.627. The predicted octanol–water partition coefficient (Wildman–Crippen LogP) is 5.85. The van der Waals surface area contributed by atoms with Gasteiger partial charge in [-0.2, -0.15) is 13.5 Å². The molecule has 0 aliphatic heterocycles. The number of nitrogens with zero attached hydrogens (tertiary/aromatic N) is 2. The summed E-state index contributed by atoms with van der Waals surface area (Å²) < 4.78 is 32.2. The van der Waals surface area contributed by atoms with E-state index in [1.807, 2.05) is 13.8 Å². The molecule has 1 aromatic heterocycles. The zero-order valence-electron chi connectivity index (χ0n) is 21.1. The van der Waals surface area contributed by atoms with Gasteiger partial charge < -0.3 is 0 Å². The quantitative estimate of drug-likeness (QED) is 0.250. The van der Waals surface area contributed by atoms with Crippen LogP contribution in [0.5, 0.6) is 0 Å². The number of aromatic nitrogens is 2. The van der Waals surface area contributed by atoms with Crippen molar-refractivity contribution in [2.24, 2.45) is 0 Å². The zero-order valence-corrected chi connectivity index (χ0v) is 22.7. The first-order valence-electron chi connectivity index (χ1n) is 11.8. The Labute approximate surface area is 212 Å². The van der Waals surface area contributed by atoms with E-state index in [0.717, 1.165) is 24.0 Å². The van der Waals surface area contributed by atoms with Crippen LogP contribution in [0, 0.1) is 6.92 Å². The smallest absolute Gasteiger partial charge is 0.267 e. The Hall–Kier alpha value is -2.42. The lowest BCUT2D eigenvalue weighted by atomic mass is 9.87. The maximum absolute atomic E-state index is 13.2. The first-order chi connectivity index (χ1) is 16.5. The van der Waals surface area contributed by atoms with Crippen molar-refractivity contribution >= 4 is 21.9 Å². The molecule has 0 N–H and O–H groups in total. The van der Waals surface area contributed by atoms with Crippen LogP contribution in [-0.4, -0.2) is 18.2 Å². The van der Waals surface area contributed by atoms with E-state index in [1.54, 1.807) is 18.3 Å². The van der Waals surface area contributed by atoms with E-state index in [9.17, 15) is 13.2 Å². The fourth-order valence-corrected chi connectivity index (χ4v) is 5.24. The SMILES string of the molecule is CCCCn1ncc(SCc2ccc(C(C)(C)C)cc2)c(COS(=O)(=O)c2ccc(C)cc2)c1=O. The maximum atomic E-state index is 13.2. The van der Waals surface area contributed by atoms with Crippen molar-refractivity contribution in [3.63, 3.8) is 0 Å². The van der Waals surface area contributed by atoms with Crippen LogP contribution in [0.1, 0.15) is 62.8 Å². The highest BCUT2D eigenvalue weighted by molar-refractivity contribution is 7.98. The highest BCUT2D eigenvalue weighted by Crippen LogP contribution is 2.28. The van der Waals surface area contributed by atoms with Gasteiger partial charge in [0.15, 0.2) is 0 Å². The molecule has 6 nitrogen and oxygen atoms in total. The van der Waals surface area contributed by atoms with Gasteiger partial charge in [-0.05, 0) is 42.0 Å². The van der Waals surface area contributed by atoms with Gasteiger partial charge in [0.25, 0.3) is 15.7 Å². The third-order valence-corrected chi connectivity index (χ3v) is 8.13. The molecular formula is C27H34N2O4S2. The van der Waals surface area contributed by atoms with Crippen LogP contribution in [0.15, 0.2) is 69.3 Å². The van der Waals surface area contributed by atoms with Crippen molar-refractivity contribution in [1.82, 2.24) is 9.78 Å². The van der Waals surface area contributed by atoms with Crippen molar-refractivity contribution in [2.45, 2.75) is 81.6 Å². The van der Waals surface area contributed by atoms with Crippen LogP contribution >= 0.6 is 11.8 Å². The highest BCUT2D eigenvalue weighted by Gasteiger charge is 2.20. The third kappa shape index (κ3) is 7.29. The number of rotatable bonds is 10. The van der Waals surface area contributed by atoms with Gasteiger partial charge in [-0.15, -0.1) is 11.8 Å². The van der Waals surface area contributed by atoms with Crippen LogP contribution in [0.3, 0.4) is 0 Å². The van der Waals surface area contributed by atoms with Crippen LogP contribution < -0.4 is 5.56 Å². The summed E-state index contributed by atoms with van der Waals surface area (Å²) in [7, 11) is -4.00. The summed E-state index contributed by atoms with van der Waals surface area (Å²) in [6.45, 7) is 10.6. The van der Waals surface area contributed by atoms with Crippen LogP contribution in [0.25, 0.3) is 0 Å². The molecule has 0 atom stereocenters. The van der Waals surface area contributed by atoms with Crippen molar-refractivity contribution < 1.29 is 12.6 Å². The fraction of sp³-hybridized carbons (Fsp3) is 0.407. The van der Waals surface area contributed by atoms with Gasteiger partial charge in [0.05, 0.1) is 23.3 Å². The van der Waals surface area contributed by atoms with Crippen molar-refractivity contribution in [3.8, 4) is 0 Å². The highest BCUT2D eigenvalue weighted by atomic mass is 32.2. The Morgan fingerprint density at radius 2 is 1.69 bits per heavy atom. The monoisotopic (exact) mass is 514 g/mol. The molecule has 0 aliphatic rings. The lowest BCUT2D eigenvalue weighted by Gasteiger charge is -2.19. The molecule has 3 rings (SSSR count). The summed E-state index contributed by atoms with van der Waals surface area (Å²) in [4.78, 5) is 13.9. The van der Waals surface area contributed by atoms with E-state index in [-0.39, 0.29) is 22.5 Å². The summed E-state index contributed by atoms with van der Waals surface area (Å²) in [6, 6.07) is 14.9. The number of benzene rings is 2. The van der Waals surface area contributed by atoms with E-state index in [2.05, 4.69) is 50.1 Å². The molecule has 1 heterocycles. The van der Waals surface area contributed by atoms with Crippen molar-refractivity contribution in [3.05, 3.63) is 87.3 Å². The number of hydrogen-bond acceptors (Lipinski definition) is 6. The van der Waals surface area contributed by atoms with E-state index < -0.39 is 10.1 Å². The average molecular weight is 515 g/mol. The second kappa shape index (κ2) is 11.5. The molecule has 2 aromatic carbocycles. The molecule has 0 spiro atoms. The molecule has 188 valence electrons. The summed E-state index contributed by atoms with van der Waals surface area (Å²) >= 11 is 1.46. The molecule has 0 aliphatic carbocycles. The minimum absolute atomic E-state index is 0.0663. The molecule has 3 aromatic rings. The lowest BCUT2D eigenvalue weighted by molar-refractivity contribution is 0.301. The van der Waals surface area contributed by atoms with Crippen molar-refractivity contribution in [1.29, 1.82) is 0 Å². The Morgan fingerprint density at radius 3 is 2.29 bits per heavy atom. The van der Waals surface area contributed by atoms with E-state index in [4.69, 9.17) is 4.18 Å². The van der Waals surface area contributed by atoms with E-state index in [1.165, 1.54) is 34.1 Å². The van der Waals surface area contributed by atoms with Gasteiger partial charge in [-0.25, -0.2) is 4.68 Å². The Balaban J connectivity index is 1.83. The Morgan fingerprint density at radius 1 is 1.03 bits per heavy atom. The Bertz CT molecular complexity index is 1290. The topological polar surface area (TPSA) is 78.3 Å². The largest absolute Gasteiger partial charge is 0.297 e. The van der Waals surface area contributed by atoms with Gasteiger partial charge in [0, 0.05) is 17.2 Å². The normalized spacial score (nSPS) is 12.1. The number of thioether (sulfide) groups is 1. The standard InChI is InChI=1S/C27H34N2O4S2/c1-6-7-16-29-26(30)24(18-33-35(31,32)23-14-8-20(2)9-15-23)25(17-28-29)34-19-21-10-12-22(13-11-21)27(3,4)5/h8-15,17H,6-7,16,18-19H2,1-5H3. The molecule has 0 saturated carbocycles. The minimum atomic E-state index is -4.00. The molecule has 8 heteroatoms. The van der Waals surface area contributed by atoms with E-state index >= 15 is 0 Å². The number of aryl methyl sites for hydroxylation is 2. The average Bonchev–Trinajstić information content (AvgIpc) is 2.81. The predicted molar refractivity (Wildman–Crippen MR) is 141 cm³/mol. The lowest BCUT2D eigenvalue weighted by Crippen LogP contribution is -2.28. The third-order valence-electron chi connectivity index (χ3n) is 5.71. The summed E-state index contributed by atoms with van der Waals surface area (Å²) in [6.07, 6.45) is 3.37. The van der Waals surface area contributed by atoms with Crippen LogP contribution in [0.2, 0.25) is 0 Å². The van der Waals surface area contributed by atoms with Gasteiger partial charge in [-0.1, -0.05) is 76.1 Å². The molecule has 35 heavy (non-hydrogen) atoms. The zero-order chi connectivity index (χ0) is 25.6. The fourth-order valence-electron chi connectivity index (χ4n) is 3.41. The van der Waals surface area contributed by atoms with Crippen molar-refractivity contribution in [2.75, 3.05) is 0 Å². The molecule has 0 bridgehead atoms. The first kappa shape index (κ1) is 27.2. The first-order valence-corrected chi connectivity index (χ1v) is 14.2. The summed E-state index contributed by atoms with van der Waals surface area (Å²) in [5.41, 5.74) is 3.38. The molecule has 0 fully saturated rings. The van der Waals surface area contributed by atoms with Gasteiger partial charge in [0.2, 0.25) is 0 Å². The second-order valence-corrected chi connectivity index (χ2v) is 12.3. The number of hydrogen-bond donors (Lipinski definition) is 0. The minimum Gasteiger partial charge on any atom is -0.267 e. The van der Waals surface area contributed by atoms with E-state index in [0.29, 0.717) is 22.8 Å². The maximum Gasteiger partial charge on any atom is 0.297 e. The molecule has 0 saturated heterocycles.